The predicted molar refractivity (Wildman–Crippen MR) is 73.6 cm³/mol. The Bertz CT molecular complexity index is 575. The highest BCUT2D eigenvalue weighted by atomic mass is 15.3. The van der Waals surface area contributed by atoms with E-state index in [0.717, 1.165) is 48.8 Å². The van der Waals surface area contributed by atoms with Crippen LogP contribution in [0.25, 0.3) is 11.5 Å². The number of nitrogens with zero attached hydrogens (tertiary/aromatic N) is 4. The Morgan fingerprint density at radius 1 is 1.42 bits per heavy atom. The number of hydrogen-bond donors (Lipinski definition) is 1. The molecular formula is C14H19N5. The topological polar surface area (TPSA) is 55.6 Å². The Morgan fingerprint density at radius 2 is 2.32 bits per heavy atom. The maximum Gasteiger partial charge on any atom is 0.182 e. The van der Waals surface area contributed by atoms with Crippen LogP contribution < -0.4 is 5.32 Å². The molecule has 19 heavy (non-hydrogen) atoms. The van der Waals surface area contributed by atoms with E-state index >= 15 is 0 Å². The Balaban J connectivity index is 2.04. The summed E-state index contributed by atoms with van der Waals surface area (Å²) in [6.45, 7) is 6.14. The van der Waals surface area contributed by atoms with Gasteiger partial charge in [-0.2, -0.15) is 0 Å². The Hall–Kier alpha value is -1.75. The van der Waals surface area contributed by atoms with Crippen LogP contribution in [-0.2, 0) is 6.54 Å². The van der Waals surface area contributed by atoms with Crippen molar-refractivity contribution in [1.82, 2.24) is 25.1 Å². The lowest BCUT2D eigenvalue weighted by atomic mass is 10.1. The Morgan fingerprint density at radius 3 is 3.11 bits per heavy atom. The number of aryl methyl sites for hydroxylation is 1. The summed E-state index contributed by atoms with van der Waals surface area (Å²) in [7, 11) is 0. The number of pyridine rings is 1. The van der Waals surface area contributed by atoms with Gasteiger partial charge in [-0.3, -0.25) is 4.98 Å². The van der Waals surface area contributed by atoms with Crippen LogP contribution in [0.1, 0.15) is 37.2 Å². The number of rotatable bonds is 3. The van der Waals surface area contributed by atoms with Gasteiger partial charge < -0.3 is 9.88 Å². The predicted octanol–water partition coefficient (Wildman–Crippen LogP) is 2.09. The van der Waals surface area contributed by atoms with Crippen molar-refractivity contribution in [2.45, 2.75) is 39.3 Å². The summed E-state index contributed by atoms with van der Waals surface area (Å²) in [4.78, 5) is 4.46. The molecule has 0 amide bonds. The molecule has 0 saturated carbocycles. The fourth-order valence-corrected chi connectivity index (χ4v) is 2.65. The zero-order valence-electron chi connectivity index (χ0n) is 11.4. The van der Waals surface area contributed by atoms with E-state index in [0.29, 0.717) is 6.04 Å². The molecule has 0 aromatic carbocycles. The summed E-state index contributed by atoms with van der Waals surface area (Å²) in [6.07, 6.45) is 4.05. The molecule has 5 nitrogen and oxygen atoms in total. The summed E-state index contributed by atoms with van der Waals surface area (Å²) in [5, 5.41) is 12.3. The van der Waals surface area contributed by atoms with E-state index in [2.05, 4.69) is 45.0 Å². The van der Waals surface area contributed by atoms with Gasteiger partial charge in [-0.05, 0) is 25.0 Å². The van der Waals surface area contributed by atoms with Gasteiger partial charge in [-0.1, -0.05) is 19.4 Å². The standard InChI is InChI=1S/C14H19N5/c1-3-5-11-13-17-18-14(19(13)9-8-15-11)12-10(2)6-4-7-16-12/h4,6-7,11,15H,3,5,8-9H2,1-2H3. The highest BCUT2D eigenvalue weighted by Crippen LogP contribution is 2.26. The highest BCUT2D eigenvalue weighted by molar-refractivity contribution is 5.54. The fourth-order valence-electron chi connectivity index (χ4n) is 2.65. The molecule has 0 aliphatic carbocycles. The van der Waals surface area contributed by atoms with Gasteiger partial charge in [0.1, 0.15) is 5.69 Å². The van der Waals surface area contributed by atoms with Gasteiger partial charge in [0.25, 0.3) is 0 Å². The fraction of sp³-hybridized carbons (Fsp3) is 0.500. The smallest absolute Gasteiger partial charge is 0.182 e. The first-order chi connectivity index (χ1) is 9.31. The largest absolute Gasteiger partial charge is 0.307 e. The van der Waals surface area contributed by atoms with Crippen LogP contribution in [0.3, 0.4) is 0 Å². The second kappa shape index (κ2) is 5.09. The lowest BCUT2D eigenvalue weighted by molar-refractivity contribution is 0.394. The summed E-state index contributed by atoms with van der Waals surface area (Å²) >= 11 is 0. The second-order valence-corrected chi connectivity index (χ2v) is 5.00. The average Bonchev–Trinajstić information content (AvgIpc) is 2.85. The van der Waals surface area contributed by atoms with Crippen molar-refractivity contribution in [2.75, 3.05) is 6.54 Å². The van der Waals surface area contributed by atoms with Crippen LogP contribution >= 0.6 is 0 Å². The Labute approximate surface area is 113 Å². The number of hydrogen-bond acceptors (Lipinski definition) is 4. The van der Waals surface area contributed by atoms with Crippen molar-refractivity contribution in [2.24, 2.45) is 0 Å². The molecule has 2 aromatic rings. The van der Waals surface area contributed by atoms with Crippen molar-refractivity contribution < 1.29 is 0 Å². The van der Waals surface area contributed by atoms with Crippen LogP contribution in [0.4, 0.5) is 0 Å². The van der Waals surface area contributed by atoms with Gasteiger partial charge in [0.05, 0.1) is 6.04 Å². The molecule has 0 fully saturated rings. The van der Waals surface area contributed by atoms with E-state index in [9.17, 15) is 0 Å². The lowest BCUT2D eigenvalue weighted by Gasteiger charge is -2.24. The molecule has 3 heterocycles. The van der Waals surface area contributed by atoms with Gasteiger partial charge in [0.2, 0.25) is 0 Å². The molecule has 2 aromatic heterocycles. The van der Waals surface area contributed by atoms with Gasteiger partial charge in [0.15, 0.2) is 11.6 Å². The monoisotopic (exact) mass is 257 g/mol. The van der Waals surface area contributed by atoms with E-state index in [4.69, 9.17) is 0 Å². The second-order valence-electron chi connectivity index (χ2n) is 5.00. The lowest BCUT2D eigenvalue weighted by Crippen LogP contribution is -2.33. The maximum atomic E-state index is 4.46. The van der Waals surface area contributed by atoms with Crippen LogP contribution in [-0.4, -0.2) is 26.3 Å². The molecule has 5 heteroatoms. The van der Waals surface area contributed by atoms with Crippen molar-refractivity contribution in [1.29, 1.82) is 0 Å². The molecule has 1 aliphatic heterocycles. The third kappa shape index (κ3) is 2.14. The minimum Gasteiger partial charge on any atom is -0.307 e. The molecule has 0 bridgehead atoms. The first-order valence-electron chi connectivity index (χ1n) is 6.89. The number of fused-ring (bicyclic) bond motifs is 1. The van der Waals surface area contributed by atoms with Crippen LogP contribution in [0.5, 0.6) is 0 Å². The van der Waals surface area contributed by atoms with E-state index in [1.54, 1.807) is 0 Å². The molecule has 3 rings (SSSR count). The minimum atomic E-state index is 0.323. The van der Waals surface area contributed by atoms with Crippen molar-refractivity contribution in [3.63, 3.8) is 0 Å². The van der Waals surface area contributed by atoms with Gasteiger partial charge in [0, 0.05) is 19.3 Å². The van der Waals surface area contributed by atoms with Crippen LogP contribution in [0, 0.1) is 6.92 Å². The molecule has 1 aliphatic rings. The van der Waals surface area contributed by atoms with E-state index in [1.165, 1.54) is 0 Å². The molecule has 1 unspecified atom stereocenters. The summed E-state index contributed by atoms with van der Waals surface area (Å²) in [5.41, 5.74) is 2.08. The van der Waals surface area contributed by atoms with Crippen molar-refractivity contribution >= 4 is 0 Å². The Kier molecular flexibility index (Phi) is 3.29. The van der Waals surface area contributed by atoms with Gasteiger partial charge >= 0.3 is 0 Å². The average molecular weight is 257 g/mol. The van der Waals surface area contributed by atoms with Crippen molar-refractivity contribution in [3.05, 3.63) is 29.7 Å². The van der Waals surface area contributed by atoms with E-state index in [-0.39, 0.29) is 0 Å². The van der Waals surface area contributed by atoms with Crippen molar-refractivity contribution in [3.8, 4) is 11.5 Å². The number of nitrogens with one attached hydrogen (secondary N) is 1. The third-order valence-electron chi connectivity index (χ3n) is 3.62. The molecule has 100 valence electrons. The molecule has 0 spiro atoms. The summed E-state index contributed by atoms with van der Waals surface area (Å²) in [5.74, 6) is 1.95. The minimum absolute atomic E-state index is 0.323. The molecule has 1 N–H and O–H groups in total. The van der Waals surface area contributed by atoms with Crippen LogP contribution in [0.15, 0.2) is 18.3 Å². The summed E-state index contributed by atoms with van der Waals surface area (Å²) in [6, 6.07) is 4.34. The first-order valence-corrected chi connectivity index (χ1v) is 6.89. The van der Waals surface area contributed by atoms with E-state index in [1.807, 2.05) is 12.3 Å². The van der Waals surface area contributed by atoms with Gasteiger partial charge in [-0.15, -0.1) is 10.2 Å². The first kappa shape index (κ1) is 12.3. The SMILES string of the molecule is CCCC1NCCn2c(-c3ncccc3C)nnc21. The molecule has 1 atom stereocenters. The number of aromatic nitrogens is 4. The third-order valence-corrected chi connectivity index (χ3v) is 3.62. The maximum absolute atomic E-state index is 4.46. The normalized spacial score (nSPS) is 18.3. The quantitative estimate of drug-likeness (QED) is 0.914. The highest BCUT2D eigenvalue weighted by Gasteiger charge is 2.25. The molecule has 0 radical (unpaired) electrons. The zero-order valence-corrected chi connectivity index (χ0v) is 11.4. The zero-order chi connectivity index (χ0) is 13.2. The van der Waals surface area contributed by atoms with Crippen LogP contribution in [0.2, 0.25) is 0 Å². The van der Waals surface area contributed by atoms with E-state index < -0.39 is 0 Å². The molecule has 0 saturated heterocycles. The van der Waals surface area contributed by atoms with Gasteiger partial charge in [-0.25, -0.2) is 0 Å². The summed E-state index contributed by atoms with van der Waals surface area (Å²) < 4.78 is 2.21. The molecular weight excluding hydrogens is 238 g/mol.